The predicted octanol–water partition coefficient (Wildman–Crippen LogP) is 1.92. The monoisotopic (exact) mass is 363 g/mol. The van der Waals surface area contributed by atoms with E-state index in [1.807, 2.05) is 37.3 Å². The van der Waals surface area contributed by atoms with E-state index in [0.717, 1.165) is 12.1 Å². The van der Waals surface area contributed by atoms with Gasteiger partial charge in [0.2, 0.25) is 0 Å². The molecule has 2 aliphatic rings. The second-order valence-electron chi connectivity index (χ2n) is 7.05. The van der Waals surface area contributed by atoms with Crippen molar-refractivity contribution in [3.05, 3.63) is 70.8 Å². The maximum Gasteiger partial charge on any atom is 0.261 e. The highest BCUT2D eigenvalue weighted by Crippen LogP contribution is 2.26. The van der Waals surface area contributed by atoms with E-state index in [1.165, 1.54) is 4.90 Å². The fourth-order valence-corrected chi connectivity index (χ4v) is 3.63. The van der Waals surface area contributed by atoms with E-state index in [0.29, 0.717) is 29.8 Å². The van der Waals surface area contributed by atoms with E-state index < -0.39 is 0 Å². The number of hydrogen-bond donors (Lipinski definition) is 1. The van der Waals surface area contributed by atoms with Gasteiger partial charge in [0.25, 0.3) is 17.7 Å². The van der Waals surface area contributed by atoms with Crippen molar-refractivity contribution >= 4 is 17.7 Å². The summed E-state index contributed by atoms with van der Waals surface area (Å²) >= 11 is 0. The third-order valence-corrected chi connectivity index (χ3v) is 5.06. The Morgan fingerprint density at radius 3 is 2.56 bits per heavy atom. The highest BCUT2D eigenvalue weighted by atomic mass is 16.2. The molecule has 6 nitrogen and oxygen atoms in total. The summed E-state index contributed by atoms with van der Waals surface area (Å²) in [4.78, 5) is 41.2. The molecule has 4 rings (SSSR count). The molecule has 2 aliphatic heterocycles. The van der Waals surface area contributed by atoms with Gasteiger partial charge in [0, 0.05) is 31.2 Å². The Morgan fingerprint density at radius 2 is 1.81 bits per heavy atom. The fraction of sp³-hybridized carbons (Fsp3) is 0.286. The van der Waals surface area contributed by atoms with Crippen molar-refractivity contribution in [1.29, 1.82) is 0 Å². The highest BCUT2D eigenvalue weighted by molar-refractivity contribution is 6.22. The number of amides is 3. The van der Waals surface area contributed by atoms with Crippen LogP contribution in [0.25, 0.3) is 0 Å². The first-order chi connectivity index (χ1) is 13.0. The van der Waals surface area contributed by atoms with Crippen molar-refractivity contribution < 1.29 is 14.4 Å². The Labute approximate surface area is 157 Å². The smallest absolute Gasteiger partial charge is 0.261 e. The number of nitrogens with zero attached hydrogens (tertiary/aromatic N) is 2. The molecule has 0 aliphatic carbocycles. The first-order valence-corrected chi connectivity index (χ1v) is 9.11. The first kappa shape index (κ1) is 17.4. The largest absolute Gasteiger partial charge is 0.336 e. The highest BCUT2D eigenvalue weighted by Gasteiger charge is 2.36. The van der Waals surface area contributed by atoms with E-state index in [2.05, 4.69) is 5.32 Å². The molecule has 0 bridgehead atoms. The van der Waals surface area contributed by atoms with Crippen LogP contribution in [0.15, 0.2) is 48.5 Å². The molecule has 1 unspecified atom stereocenters. The van der Waals surface area contributed by atoms with Crippen molar-refractivity contribution in [3.8, 4) is 0 Å². The molecule has 6 heteroatoms. The van der Waals surface area contributed by atoms with Crippen LogP contribution < -0.4 is 5.32 Å². The fourth-order valence-electron chi connectivity index (χ4n) is 3.63. The van der Waals surface area contributed by atoms with Gasteiger partial charge in [-0.15, -0.1) is 0 Å². The van der Waals surface area contributed by atoms with E-state index in [-0.39, 0.29) is 30.3 Å². The van der Waals surface area contributed by atoms with Crippen LogP contribution in [-0.4, -0.2) is 53.2 Å². The number of benzene rings is 2. The molecule has 0 radical (unpaired) electrons. The van der Waals surface area contributed by atoms with E-state index in [9.17, 15) is 14.4 Å². The van der Waals surface area contributed by atoms with Crippen LogP contribution in [0.5, 0.6) is 0 Å². The minimum atomic E-state index is -0.345. The number of rotatable bonds is 3. The normalized spacial score (nSPS) is 19.4. The lowest BCUT2D eigenvalue weighted by Gasteiger charge is -2.32. The maximum absolute atomic E-state index is 12.8. The van der Waals surface area contributed by atoms with Crippen molar-refractivity contribution in [1.82, 2.24) is 15.1 Å². The van der Waals surface area contributed by atoms with E-state index in [4.69, 9.17) is 0 Å². The number of hydrogen-bond acceptors (Lipinski definition) is 4. The molecule has 2 heterocycles. The maximum atomic E-state index is 12.8. The molecule has 2 aromatic carbocycles. The van der Waals surface area contributed by atoms with Crippen LogP contribution in [0, 0.1) is 0 Å². The summed E-state index contributed by atoms with van der Waals surface area (Å²) in [5, 5.41) is 3.30. The van der Waals surface area contributed by atoms with Gasteiger partial charge in [-0.3, -0.25) is 19.3 Å². The van der Waals surface area contributed by atoms with Crippen LogP contribution >= 0.6 is 0 Å². The Hall–Kier alpha value is -2.99. The first-order valence-electron chi connectivity index (χ1n) is 9.11. The molecule has 138 valence electrons. The van der Waals surface area contributed by atoms with Gasteiger partial charge in [0.15, 0.2) is 0 Å². The molecule has 1 fully saturated rings. The predicted molar refractivity (Wildman–Crippen MR) is 100 cm³/mol. The van der Waals surface area contributed by atoms with Gasteiger partial charge < -0.3 is 10.2 Å². The van der Waals surface area contributed by atoms with Gasteiger partial charge in [0.1, 0.15) is 0 Å². The van der Waals surface area contributed by atoms with Crippen molar-refractivity contribution in [2.24, 2.45) is 0 Å². The topological polar surface area (TPSA) is 69.7 Å². The SMILES string of the molecule is CC1CN(C(=O)c2ccc3c(c2)C(=O)N(Cc2ccccc2)C3=O)CCN1. The zero-order valence-corrected chi connectivity index (χ0v) is 15.1. The minimum Gasteiger partial charge on any atom is -0.336 e. The summed E-state index contributed by atoms with van der Waals surface area (Å²) in [6.45, 7) is 4.27. The number of nitrogens with one attached hydrogen (secondary N) is 1. The zero-order chi connectivity index (χ0) is 19.0. The summed E-state index contributed by atoms with van der Waals surface area (Å²) in [5.74, 6) is -0.760. The van der Waals surface area contributed by atoms with Crippen LogP contribution in [0.2, 0.25) is 0 Å². The lowest BCUT2D eigenvalue weighted by Crippen LogP contribution is -2.51. The number of carbonyl (C=O) groups excluding carboxylic acids is 3. The quantitative estimate of drug-likeness (QED) is 0.846. The van der Waals surface area contributed by atoms with Gasteiger partial charge in [0.05, 0.1) is 17.7 Å². The number of fused-ring (bicyclic) bond motifs is 1. The summed E-state index contributed by atoms with van der Waals surface area (Å²) in [5.41, 5.74) is 2.01. The standard InChI is InChI=1S/C21H21N3O3/c1-14-12-23(10-9-22-14)19(25)16-7-8-17-18(11-16)21(27)24(20(17)26)13-15-5-3-2-4-6-15/h2-8,11,14,22H,9-10,12-13H2,1H3. The van der Waals surface area contributed by atoms with Crippen molar-refractivity contribution in [2.45, 2.75) is 19.5 Å². The van der Waals surface area contributed by atoms with E-state index in [1.54, 1.807) is 23.1 Å². The summed E-state index contributed by atoms with van der Waals surface area (Å²) in [7, 11) is 0. The van der Waals surface area contributed by atoms with Crippen molar-refractivity contribution in [2.75, 3.05) is 19.6 Å². The molecule has 3 amide bonds. The number of piperazine rings is 1. The Kier molecular flexibility index (Phi) is 4.49. The number of carbonyl (C=O) groups is 3. The van der Waals surface area contributed by atoms with Gasteiger partial charge in [-0.05, 0) is 30.7 Å². The average Bonchev–Trinajstić information content (AvgIpc) is 2.92. The summed E-state index contributed by atoms with van der Waals surface area (Å²) in [6.07, 6.45) is 0. The Bertz CT molecular complexity index is 910. The molecule has 27 heavy (non-hydrogen) atoms. The third kappa shape index (κ3) is 3.24. The molecular weight excluding hydrogens is 342 g/mol. The molecule has 0 spiro atoms. The van der Waals surface area contributed by atoms with Crippen LogP contribution in [0.1, 0.15) is 43.6 Å². The molecule has 1 saturated heterocycles. The van der Waals surface area contributed by atoms with Gasteiger partial charge >= 0.3 is 0 Å². The molecular formula is C21H21N3O3. The number of imide groups is 1. The summed E-state index contributed by atoms with van der Waals surface area (Å²) in [6, 6.07) is 14.4. The van der Waals surface area contributed by atoms with Gasteiger partial charge in [-0.25, -0.2) is 0 Å². The van der Waals surface area contributed by atoms with E-state index >= 15 is 0 Å². The molecule has 1 N–H and O–H groups in total. The lowest BCUT2D eigenvalue weighted by atomic mass is 10.0. The molecule has 0 aromatic heterocycles. The van der Waals surface area contributed by atoms with Crippen LogP contribution in [0.3, 0.4) is 0 Å². The van der Waals surface area contributed by atoms with Crippen LogP contribution in [-0.2, 0) is 6.54 Å². The summed E-state index contributed by atoms with van der Waals surface area (Å²) < 4.78 is 0. The average molecular weight is 363 g/mol. The van der Waals surface area contributed by atoms with Gasteiger partial charge in [-0.2, -0.15) is 0 Å². The third-order valence-electron chi connectivity index (χ3n) is 5.06. The van der Waals surface area contributed by atoms with Crippen molar-refractivity contribution in [3.63, 3.8) is 0 Å². The second kappa shape index (κ2) is 6.96. The lowest BCUT2D eigenvalue weighted by molar-refractivity contribution is 0.0641. The molecule has 1 atom stereocenters. The Balaban J connectivity index is 1.58. The zero-order valence-electron chi connectivity index (χ0n) is 15.1. The minimum absolute atomic E-state index is 0.104. The Morgan fingerprint density at radius 1 is 1.07 bits per heavy atom. The van der Waals surface area contributed by atoms with Gasteiger partial charge in [-0.1, -0.05) is 30.3 Å². The second-order valence-corrected chi connectivity index (χ2v) is 7.05. The molecule has 2 aromatic rings. The molecule has 0 saturated carbocycles. The van der Waals surface area contributed by atoms with Crippen LogP contribution in [0.4, 0.5) is 0 Å².